The van der Waals surface area contributed by atoms with Crippen LogP contribution in [0.15, 0.2) is 84.9 Å². The zero-order valence-corrected chi connectivity index (χ0v) is 17.8. The molecule has 31 heavy (non-hydrogen) atoms. The van der Waals surface area contributed by atoms with Gasteiger partial charge in [-0.15, -0.1) is 0 Å². The second-order valence-electron chi connectivity index (χ2n) is 8.82. The van der Waals surface area contributed by atoms with Crippen LogP contribution in [-0.4, -0.2) is 12.8 Å². The molecule has 0 amide bonds. The van der Waals surface area contributed by atoms with E-state index in [1.807, 2.05) is 0 Å². The van der Waals surface area contributed by atoms with E-state index in [1.165, 1.54) is 41.8 Å². The van der Waals surface area contributed by atoms with Gasteiger partial charge >= 0.3 is 0 Å². The van der Waals surface area contributed by atoms with Crippen molar-refractivity contribution in [2.45, 2.75) is 37.3 Å². The molecule has 3 aromatic carbocycles. The van der Waals surface area contributed by atoms with E-state index in [2.05, 4.69) is 89.8 Å². The van der Waals surface area contributed by atoms with Crippen molar-refractivity contribution in [2.75, 3.05) is 12.0 Å². The normalized spacial score (nSPS) is 26.2. The minimum atomic E-state index is -0.327. The summed E-state index contributed by atoms with van der Waals surface area (Å²) in [6.45, 7) is 0. The van der Waals surface area contributed by atoms with Crippen LogP contribution in [0.5, 0.6) is 11.5 Å². The van der Waals surface area contributed by atoms with E-state index in [9.17, 15) is 0 Å². The van der Waals surface area contributed by atoms with Crippen LogP contribution in [-0.2, 0) is 0 Å². The first-order valence-corrected chi connectivity index (χ1v) is 11.3. The van der Waals surface area contributed by atoms with E-state index in [1.54, 1.807) is 7.11 Å². The molecule has 156 valence electrons. The molecule has 0 aromatic heterocycles. The van der Waals surface area contributed by atoms with Crippen LogP contribution in [0.4, 0.5) is 5.69 Å². The lowest BCUT2D eigenvalue weighted by molar-refractivity contribution is -0.0119. The summed E-state index contributed by atoms with van der Waals surface area (Å²) in [6, 6.07) is 27.9. The molecule has 3 aromatic rings. The Morgan fingerprint density at radius 2 is 1.68 bits per heavy atom. The van der Waals surface area contributed by atoms with Gasteiger partial charge in [0.25, 0.3) is 0 Å². The van der Waals surface area contributed by atoms with E-state index in [0.29, 0.717) is 11.8 Å². The van der Waals surface area contributed by atoms with Gasteiger partial charge in [0.15, 0.2) is 5.72 Å². The number of allylic oxidation sites excluding steroid dienone is 1. The molecule has 6 rings (SSSR count). The van der Waals surface area contributed by atoms with Crippen molar-refractivity contribution in [3.63, 3.8) is 0 Å². The Morgan fingerprint density at radius 1 is 0.903 bits per heavy atom. The molecule has 1 fully saturated rings. The number of fused-ring (bicyclic) bond motifs is 2. The Hall–Kier alpha value is -3.20. The van der Waals surface area contributed by atoms with Crippen LogP contribution in [0.2, 0.25) is 0 Å². The number of para-hydroxylation sites is 2. The lowest BCUT2D eigenvalue weighted by atomic mass is 9.68. The van der Waals surface area contributed by atoms with Crippen molar-refractivity contribution in [1.29, 1.82) is 0 Å². The first-order valence-electron chi connectivity index (χ1n) is 11.3. The predicted molar refractivity (Wildman–Crippen MR) is 124 cm³/mol. The summed E-state index contributed by atoms with van der Waals surface area (Å²) in [5, 5.41) is 0. The minimum Gasteiger partial charge on any atom is -0.497 e. The highest BCUT2D eigenvalue weighted by atomic mass is 16.5. The Balaban J connectivity index is 1.58. The fourth-order valence-corrected chi connectivity index (χ4v) is 5.87. The summed E-state index contributed by atoms with van der Waals surface area (Å²) in [5.41, 5.74) is 4.67. The highest BCUT2D eigenvalue weighted by Gasteiger charge is 2.58. The molecule has 0 saturated heterocycles. The average Bonchev–Trinajstić information content (AvgIpc) is 3.17. The number of methoxy groups -OCH3 is 1. The van der Waals surface area contributed by atoms with E-state index >= 15 is 0 Å². The smallest absolute Gasteiger partial charge is 0.191 e. The van der Waals surface area contributed by atoms with Gasteiger partial charge in [-0.2, -0.15) is 0 Å². The molecule has 3 aliphatic rings. The van der Waals surface area contributed by atoms with Gasteiger partial charge in [-0.25, -0.2) is 0 Å². The van der Waals surface area contributed by atoms with Crippen molar-refractivity contribution < 1.29 is 9.47 Å². The summed E-state index contributed by atoms with van der Waals surface area (Å²) in [5.74, 6) is 2.62. The van der Waals surface area contributed by atoms with Crippen molar-refractivity contribution in [3.8, 4) is 11.5 Å². The molecule has 3 atom stereocenters. The third-order valence-electron chi connectivity index (χ3n) is 7.23. The minimum absolute atomic E-state index is 0.323. The molecule has 1 spiro atoms. The maximum absolute atomic E-state index is 6.91. The molecule has 2 heterocycles. The Labute approximate surface area is 183 Å². The third kappa shape index (κ3) is 2.79. The SMILES string of the molecule is COc1ccc(C2=C[C@@H](c3ccccc3)[C@@H]3CCCC[C@]34Oc3ccccc3N24)cc1. The zero-order valence-electron chi connectivity index (χ0n) is 17.8. The molecule has 1 aliphatic carbocycles. The molecule has 0 bridgehead atoms. The summed E-state index contributed by atoms with van der Waals surface area (Å²) >= 11 is 0. The first-order chi connectivity index (χ1) is 15.3. The number of rotatable bonds is 3. The molecule has 0 radical (unpaired) electrons. The maximum Gasteiger partial charge on any atom is 0.191 e. The summed E-state index contributed by atoms with van der Waals surface area (Å²) in [4.78, 5) is 2.51. The molecule has 0 unspecified atom stereocenters. The highest BCUT2D eigenvalue weighted by Crippen LogP contribution is 2.59. The number of anilines is 1. The Kier molecular flexibility index (Phi) is 4.31. The summed E-state index contributed by atoms with van der Waals surface area (Å²) < 4.78 is 12.3. The monoisotopic (exact) mass is 409 g/mol. The fourth-order valence-electron chi connectivity index (χ4n) is 5.87. The van der Waals surface area contributed by atoms with Gasteiger partial charge in [0.2, 0.25) is 0 Å². The van der Waals surface area contributed by atoms with Gasteiger partial charge in [-0.3, -0.25) is 4.90 Å². The highest BCUT2D eigenvalue weighted by molar-refractivity contribution is 5.87. The molecule has 1 saturated carbocycles. The molecule has 2 aliphatic heterocycles. The average molecular weight is 410 g/mol. The Bertz CT molecular complexity index is 1120. The van der Waals surface area contributed by atoms with E-state index in [0.717, 1.165) is 17.9 Å². The van der Waals surface area contributed by atoms with E-state index in [-0.39, 0.29) is 5.72 Å². The van der Waals surface area contributed by atoms with Crippen LogP contribution < -0.4 is 14.4 Å². The van der Waals surface area contributed by atoms with Crippen molar-refractivity contribution in [1.82, 2.24) is 0 Å². The molecular formula is C28H27NO2. The topological polar surface area (TPSA) is 21.7 Å². The third-order valence-corrected chi connectivity index (χ3v) is 7.23. The van der Waals surface area contributed by atoms with E-state index < -0.39 is 0 Å². The van der Waals surface area contributed by atoms with Gasteiger partial charge in [-0.05, 0) is 60.4 Å². The lowest BCUT2D eigenvalue weighted by Gasteiger charge is -2.52. The Morgan fingerprint density at radius 3 is 2.48 bits per heavy atom. The lowest BCUT2D eigenvalue weighted by Crippen LogP contribution is -2.59. The number of hydrogen-bond donors (Lipinski definition) is 0. The van der Waals surface area contributed by atoms with Crippen LogP contribution in [0.25, 0.3) is 5.70 Å². The molecule has 3 nitrogen and oxygen atoms in total. The second kappa shape index (κ2) is 7.19. The molecular weight excluding hydrogens is 382 g/mol. The summed E-state index contributed by atoms with van der Waals surface area (Å²) in [7, 11) is 1.71. The maximum atomic E-state index is 6.91. The first kappa shape index (κ1) is 18.6. The standard InChI is InChI=1S/C28H27NO2/c1-30-22-16-14-21(15-17-22)26-19-23(20-9-3-2-4-10-20)24-11-7-8-18-28(24)29(26)25-12-5-6-13-27(25)31-28/h2-6,9-10,12-17,19,23-24H,7-8,11,18H2,1H3/t23-,24-,28-/m0/s1. The van der Waals surface area contributed by atoms with Gasteiger partial charge < -0.3 is 9.47 Å². The summed E-state index contributed by atoms with van der Waals surface area (Å²) in [6.07, 6.45) is 7.16. The number of nitrogens with zero attached hydrogens (tertiary/aromatic N) is 1. The van der Waals surface area contributed by atoms with Gasteiger partial charge in [0.05, 0.1) is 12.8 Å². The largest absolute Gasteiger partial charge is 0.497 e. The van der Waals surface area contributed by atoms with Gasteiger partial charge in [-0.1, -0.05) is 55.0 Å². The number of benzene rings is 3. The van der Waals surface area contributed by atoms with Crippen LogP contribution >= 0.6 is 0 Å². The molecule has 3 heteroatoms. The number of ether oxygens (including phenoxy) is 2. The van der Waals surface area contributed by atoms with Gasteiger partial charge in [0.1, 0.15) is 11.5 Å². The zero-order chi connectivity index (χ0) is 20.8. The van der Waals surface area contributed by atoms with Crippen molar-refractivity contribution in [3.05, 3.63) is 96.1 Å². The second-order valence-corrected chi connectivity index (χ2v) is 8.82. The van der Waals surface area contributed by atoms with Crippen LogP contribution in [0.1, 0.15) is 42.7 Å². The predicted octanol–water partition coefficient (Wildman–Crippen LogP) is 6.62. The van der Waals surface area contributed by atoms with Crippen LogP contribution in [0.3, 0.4) is 0 Å². The van der Waals surface area contributed by atoms with Crippen molar-refractivity contribution >= 4 is 11.4 Å². The number of hydrogen-bond acceptors (Lipinski definition) is 3. The quantitative estimate of drug-likeness (QED) is 0.485. The van der Waals surface area contributed by atoms with Crippen molar-refractivity contribution in [2.24, 2.45) is 5.92 Å². The van der Waals surface area contributed by atoms with E-state index in [4.69, 9.17) is 9.47 Å². The van der Waals surface area contributed by atoms with Crippen LogP contribution in [0, 0.1) is 5.92 Å². The van der Waals surface area contributed by atoms with Gasteiger partial charge in [0, 0.05) is 24.0 Å². The fraction of sp³-hybridized carbons (Fsp3) is 0.286. The molecule has 0 N–H and O–H groups in total.